The van der Waals surface area contributed by atoms with Crippen molar-refractivity contribution in [2.24, 2.45) is 17.8 Å². The number of nitrogens with zero attached hydrogens (tertiary/aromatic N) is 1. The van der Waals surface area contributed by atoms with Gasteiger partial charge in [0.05, 0.1) is 18.6 Å². The zero-order chi connectivity index (χ0) is 28.2. The number of ketones is 1. The molecule has 2 aliphatic rings. The van der Waals surface area contributed by atoms with Crippen LogP contribution in [-0.4, -0.2) is 71.4 Å². The van der Waals surface area contributed by atoms with Gasteiger partial charge in [0.15, 0.2) is 5.01 Å². The first-order valence-electron chi connectivity index (χ1n) is 14.4. The van der Waals surface area contributed by atoms with Crippen molar-refractivity contribution in [3.63, 3.8) is 0 Å². The fraction of sp³-hybridized carbons (Fsp3) is 0.750. The highest BCUT2D eigenvalue weighted by molar-refractivity contribution is 7.11. The largest absolute Gasteiger partial charge is 0.480 e. The fourth-order valence-electron chi connectivity index (χ4n) is 5.67. The topological polar surface area (TPSA) is 150 Å². The molecule has 0 radical (unpaired) electrons. The molecule has 1 aliphatic heterocycles. The van der Waals surface area contributed by atoms with Gasteiger partial charge in [0.1, 0.15) is 6.04 Å². The molecule has 2 amide bonds. The fourth-order valence-corrected chi connectivity index (χ4v) is 6.30. The number of piperidine rings is 1. The number of rotatable bonds is 15. The molecular formula is C28H45N5O5S. The Morgan fingerprint density at radius 2 is 1.56 bits per heavy atom. The van der Waals surface area contributed by atoms with Crippen molar-refractivity contribution < 1.29 is 24.3 Å². The zero-order valence-corrected chi connectivity index (χ0v) is 24.1. The predicted octanol–water partition coefficient (Wildman–Crippen LogP) is 2.74. The second-order valence-electron chi connectivity index (χ2n) is 11.4. The molecular weight excluding hydrogens is 518 g/mol. The number of aromatic nitrogens is 1. The maximum atomic E-state index is 13.6. The number of carbonyl (C=O) groups is 4. The van der Waals surface area contributed by atoms with Crippen molar-refractivity contribution in [2.45, 2.75) is 96.2 Å². The molecule has 2 heterocycles. The first-order valence-corrected chi connectivity index (χ1v) is 15.3. The van der Waals surface area contributed by atoms with Crippen molar-refractivity contribution >= 4 is 34.9 Å². The normalized spacial score (nSPS) is 19.3. The van der Waals surface area contributed by atoms with E-state index in [1.165, 1.54) is 17.8 Å². The van der Waals surface area contributed by atoms with E-state index in [1.807, 2.05) is 13.8 Å². The third-order valence-electron chi connectivity index (χ3n) is 7.75. The second-order valence-corrected chi connectivity index (χ2v) is 12.3. The molecule has 0 aromatic carbocycles. The van der Waals surface area contributed by atoms with Crippen molar-refractivity contribution in [3.05, 3.63) is 16.6 Å². The molecule has 1 aliphatic carbocycles. The standard InChI is InChI=1S/C28H45N5O5S/c1-18(2)14-23(33-26(37)22(31-17-24(34)35)16-19-6-4-3-5-7-19)27(38)32-21(15-20-8-10-29-11-9-20)25(36)28-30-12-13-39-28/h12-13,18-23,29,31H,3-11,14-17H2,1-2H3,(H,32,38)(H,33,37)(H,34,35)/t21?,22-,23+/m1/s1. The number of carbonyl (C=O) groups excluding carboxylic acids is 3. The number of carboxylic acids is 1. The van der Waals surface area contributed by atoms with Crippen molar-refractivity contribution in [1.82, 2.24) is 26.3 Å². The summed E-state index contributed by atoms with van der Waals surface area (Å²) in [7, 11) is 0. The zero-order valence-electron chi connectivity index (χ0n) is 23.2. The molecule has 39 heavy (non-hydrogen) atoms. The Kier molecular flexibility index (Phi) is 12.8. The molecule has 1 aromatic heterocycles. The van der Waals surface area contributed by atoms with Crippen LogP contribution in [0.5, 0.6) is 0 Å². The Morgan fingerprint density at radius 3 is 2.18 bits per heavy atom. The van der Waals surface area contributed by atoms with Gasteiger partial charge in [-0.15, -0.1) is 11.3 Å². The lowest BCUT2D eigenvalue weighted by molar-refractivity contribution is -0.136. The summed E-state index contributed by atoms with van der Waals surface area (Å²) in [6.07, 6.45) is 10.4. The van der Waals surface area contributed by atoms with Crippen LogP contribution in [0.4, 0.5) is 0 Å². The highest BCUT2D eigenvalue weighted by Crippen LogP contribution is 2.27. The average molecular weight is 564 g/mol. The van der Waals surface area contributed by atoms with Crippen LogP contribution in [-0.2, 0) is 14.4 Å². The highest BCUT2D eigenvalue weighted by Gasteiger charge is 2.33. The van der Waals surface area contributed by atoms with Crippen LogP contribution in [0, 0.1) is 17.8 Å². The van der Waals surface area contributed by atoms with Crippen molar-refractivity contribution in [3.8, 4) is 0 Å². The summed E-state index contributed by atoms with van der Waals surface area (Å²) < 4.78 is 0. The number of thiazole rings is 1. The van der Waals surface area contributed by atoms with Gasteiger partial charge in [0, 0.05) is 11.6 Å². The molecule has 1 aromatic rings. The molecule has 10 nitrogen and oxygen atoms in total. The molecule has 0 bridgehead atoms. The van der Waals surface area contributed by atoms with Crippen molar-refractivity contribution in [2.75, 3.05) is 19.6 Å². The predicted molar refractivity (Wildman–Crippen MR) is 151 cm³/mol. The van der Waals surface area contributed by atoms with Gasteiger partial charge < -0.3 is 21.1 Å². The minimum absolute atomic E-state index is 0.113. The molecule has 1 saturated heterocycles. The number of aliphatic carboxylic acids is 1. The molecule has 218 valence electrons. The summed E-state index contributed by atoms with van der Waals surface area (Å²) in [5.74, 6) is -1.24. The number of amides is 2. The summed E-state index contributed by atoms with van der Waals surface area (Å²) in [5.41, 5.74) is 0. The minimum atomic E-state index is -1.03. The van der Waals surface area contributed by atoms with E-state index < -0.39 is 30.0 Å². The van der Waals surface area contributed by atoms with Crippen LogP contribution in [0.2, 0.25) is 0 Å². The molecule has 11 heteroatoms. The number of hydrogen-bond donors (Lipinski definition) is 5. The van der Waals surface area contributed by atoms with E-state index in [0.29, 0.717) is 36.1 Å². The molecule has 1 saturated carbocycles. The van der Waals surface area contributed by atoms with Gasteiger partial charge >= 0.3 is 5.97 Å². The van der Waals surface area contributed by atoms with Crippen LogP contribution in [0.15, 0.2) is 11.6 Å². The van der Waals surface area contributed by atoms with E-state index in [2.05, 4.69) is 26.3 Å². The Hall–Kier alpha value is -2.37. The Bertz CT molecular complexity index is 929. The summed E-state index contributed by atoms with van der Waals surface area (Å²) in [6, 6.07) is -2.26. The SMILES string of the molecule is CC(C)C[C@H](NC(=O)[C@@H](CC1CCCCC1)NCC(=O)O)C(=O)NC(CC1CCNCC1)C(=O)c1nccs1. The molecule has 3 atom stereocenters. The van der Waals surface area contributed by atoms with E-state index in [4.69, 9.17) is 0 Å². The first-order chi connectivity index (χ1) is 18.7. The lowest BCUT2D eigenvalue weighted by Gasteiger charge is -2.30. The Morgan fingerprint density at radius 1 is 0.949 bits per heavy atom. The van der Waals surface area contributed by atoms with E-state index in [0.717, 1.165) is 51.6 Å². The van der Waals surface area contributed by atoms with Gasteiger partial charge in [-0.3, -0.25) is 24.5 Å². The first kappa shape index (κ1) is 31.2. The van der Waals surface area contributed by atoms with Crippen molar-refractivity contribution in [1.29, 1.82) is 0 Å². The van der Waals surface area contributed by atoms with E-state index >= 15 is 0 Å². The highest BCUT2D eigenvalue weighted by atomic mass is 32.1. The van der Waals surface area contributed by atoms with Gasteiger partial charge in [-0.05, 0) is 62.9 Å². The van der Waals surface area contributed by atoms with Gasteiger partial charge in [0.2, 0.25) is 17.6 Å². The maximum absolute atomic E-state index is 13.6. The third kappa shape index (κ3) is 10.6. The molecule has 3 rings (SSSR count). The van der Waals surface area contributed by atoms with Gasteiger partial charge in [-0.1, -0.05) is 46.0 Å². The number of carboxylic acid groups (broad SMARTS) is 1. The van der Waals surface area contributed by atoms with E-state index in [9.17, 15) is 24.3 Å². The van der Waals surface area contributed by atoms with Gasteiger partial charge in [-0.25, -0.2) is 4.98 Å². The number of nitrogens with one attached hydrogen (secondary N) is 4. The lowest BCUT2D eigenvalue weighted by atomic mass is 9.84. The molecule has 1 unspecified atom stereocenters. The minimum Gasteiger partial charge on any atom is -0.480 e. The van der Waals surface area contributed by atoms with Crippen LogP contribution in [0.25, 0.3) is 0 Å². The van der Waals surface area contributed by atoms with Crippen LogP contribution >= 0.6 is 11.3 Å². The van der Waals surface area contributed by atoms with E-state index in [1.54, 1.807) is 11.6 Å². The monoisotopic (exact) mass is 563 g/mol. The van der Waals surface area contributed by atoms with Crippen LogP contribution in [0.1, 0.15) is 87.9 Å². The maximum Gasteiger partial charge on any atom is 0.317 e. The Labute approximate surface area is 235 Å². The molecule has 0 spiro atoms. The smallest absolute Gasteiger partial charge is 0.317 e. The summed E-state index contributed by atoms with van der Waals surface area (Å²) in [6.45, 7) is 5.39. The Balaban J connectivity index is 1.72. The van der Waals surface area contributed by atoms with E-state index in [-0.39, 0.29) is 24.2 Å². The summed E-state index contributed by atoms with van der Waals surface area (Å²) >= 11 is 1.26. The van der Waals surface area contributed by atoms with Gasteiger partial charge in [0.25, 0.3) is 0 Å². The summed E-state index contributed by atoms with van der Waals surface area (Å²) in [4.78, 5) is 55.8. The third-order valence-corrected chi connectivity index (χ3v) is 8.54. The average Bonchev–Trinajstić information content (AvgIpc) is 3.46. The molecule has 2 fully saturated rings. The second kappa shape index (κ2) is 16.0. The quantitative estimate of drug-likeness (QED) is 0.205. The van der Waals surface area contributed by atoms with Crippen LogP contribution < -0.4 is 21.3 Å². The lowest BCUT2D eigenvalue weighted by Crippen LogP contribution is -2.56. The number of hydrogen-bond acceptors (Lipinski definition) is 8. The summed E-state index contributed by atoms with van der Waals surface area (Å²) in [5, 5.41) is 23.4. The molecule has 5 N–H and O–H groups in total. The van der Waals surface area contributed by atoms with Gasteiger partial charge in [-0.2, -0.15) is 0 Å². The van der Waals surface area contributed by atoms with Crippen LogP contribution in [0.3, 0.4) is 0 Å². The number of Topliss-reactive ketones (excluding diaryl/α,β-unsaturated/α-hetero) is 1.